The van der Waals surface area contributed by atoms with Crippen LogP contribution in [-0.4, -0.2) is 64.1 Å². The van der Waals surface area contributed by atoms with E-state index in [0.29, 0.717) is 66.6 Å². The molecule has 0 aliphatic carbocycles. The zero-order chi connectivity index (χ0) is 53.3. The van der Waals surface area contributed by atoms with Gasteiger partial charge in [-0.15, -0.1) is 0 Å². The topological polar surface area (TPSA) is 234 Å². The third-order valence-corrected chi connectivity index (χ3v) is 12.9. The number of aryl methyl sites for hydroxylation is 1. The molecule has 0 saturated heterocycles. The molecule has 0 bridgehead atoms. The summed E-state index contributed by atoms with van der Waals surface area (Å²) in [4.78, 5) is 73.0. The molecule has 10 aromatic heterocycles. The summed E-state index contributed by atoms with van der Waals surface area (Å²) >= 11 is 6.47. The van der Waals surface area contributed by atoms with Gasteiger partial charge in [-0.05, 0) is 78.2 Å². The number of rotatable bonds is 14. The van der Waals surface area contributed by atoms with E-state index in [1.54, 1.807) is 109 Å². The maximum absolute atomic E-state index is 14.4. The van der Waals surface area contributed by atoms with Crippen molar-refractivity contribution < 1.29 is 18.0 Å². The van der Waals surface area contributed by atoms with E-state index in [1.807, 2.05) is 43.3 Å². The van der Waals surface area contributed by atoms with Gasteiger partial charge in [0, 0.05) is 101 Å². The van der Waals surface area contributed by atoms with E-state index in [0.717, 1.165) is 22.9 Å². The summed E-state index contributed by atoms with van der Waals surface area (Å²) in [5.74, 6) is 0.598. The summed E-state index contributed by atoms with van der Waals surface area (Å²) in [5.41, 5.74) is 6.55. The van der Waals surface area contributed by atoms with Gasteiger partial charge >= 0.3 is 0 Å². The second kappa shape index (κ2) is 20.7. The molecule has 0 radical (unpaired) electrons. The minimum atomic E-state index is -0.550. The summed E-state index contributed by atoms with van der Waals surface area (Å²) in [5, 5.41) is 12.9. The second-order valence-corrected chi connectivity index (χ2v) is 18.4. The number of hydrogen-bond donors (Lipinski definition) is 0. The fraction of sp³-hybridized carbons (Fsp3) is 0.0702. The Labute approximate surface area is 444 Å². The lowest BCUT2D eigenvalue weighted by Gasteiger charge is -2.13. The van der Waals surface area contributed by atoms with Gasteiger partial charge in [-0.2, -0.15) is 15.0 Å². The van der Waals surface area contributed by atoms with Gasteiger partial charge in [-0.25, -0.2) is 4.39 Å². The molecule has 0 unspecified atom stereocenters. The van der Waals surface area contributed by atoms with Crippen LogP contribution in [0.2, 0.25) is 5.02 Å². The average Bonchev–Trinajstić information content (AvgIpc) is 4.34. The molecule has 12 rings (SSSR count). The zero-order valence-electron chi connectivity index (χ0n) is 40.8. The number of aromatic nitrogens is 13. The van der Waals surface area contributed by atoms with Crippen LogP contribution < -0.4 is 16.7 Å². The monoisotopic (exact) mass is 1050 g/mol. The van der Waals surface area contributed by atoms with Crippen molar-refractivity contribution in [1.82, 2.24) is 64.1 Å². The maximum Gasteiger partial charge on any atom is 0.260 e. The Balaban J connectivity index is 0.873. The van der Waals surface area contributed by atoms with E-state index in [9.17, 15) is 18.8 Å². The molecule has 78 heavy (non-hydrogen) atoms. The highest BCUT2D eigenvalue weighted by atomic mass is 35.5. The number of nitrogens with zero attached hydrogens (tertiary/aromatic N) is 13. The summed E-state index contributed by atoms with van der Waals surface area (Å²) in [6.45, 7) is 2.28. The van der Waals surface area contributed by atoms with Crippen molar-refractivity contribution in [2.24, 2.45) is 0 Å². The molecule has 12 aromatic rings. The third kappa shape index (κ3) is 10.1. The standard InChI is InChI=1S/C57H37ClFN13O6/c1-33-6-4-8-37(16-33)51-65-56(78-67-51)46-32-71(50(74)20-45(46)48-13-11-35(23-63-48)27-70-30-38(12-14-49(70)73)54-64-52(68-76-54)40-18-42(59)26-62-25-40)29-36-17-39(24-61-22-36)44-19-41(31-72(57(44)75)28-34-7-5-15-60-21-34)55-66-53(69-77-55)43-9-2-3-10-47(43)58/h2-26,30-32H,27-29H2,1H3. The van der Waals surface area contributed by atoms with Crippen molar-refractivity contribution in [2.75, 3.05) is 0 Å². The van der Waals surface area contributed by atoms with Gasteiger partial charge in [0.25, 0.3) is 34.3 Å². The fourth-order valence-corrected chi connectivity index (χ4v) is 8.96. The lowest BCUT2D eigenvalue weighted by Crippen LogP contribution is -2.22. The van der Waals surface area contributed by atoms with Crippen LogP contribution in [0.25, 0.3) is 90.9 Å². The zero-order valence-corrected chi connectivity index (χ0v) is 41.6. The lowest BCUT2D eigenvalue weighted by atomic mass is 10.0. The lowest BCUT2D eigenvalue weighted by molar-refractivity contribution is 0.431. The Morgan fingerprint density at radius 2 is 1.19 bits per heavy atom. The largest absolute Gasteiger partial charge is 0.334 e. The van der Waals surface area contributed by atoms with Crippen LogP contribution >= 0.6 is 11.6 Å². The van der Waals surface area contributed by atoms with Crippen molar-refractivity contribution in [3.63, 3.8) is 0 Å². The van der Waals surface area contributed by atoms with E-state index >= 15 is 0 Å². The highest BCUT2D eigenvalue weighted by molar-refractivity contribution is 6.33. The van der Waals surface area contributed by atoms with Gasteiger partial charge in [0.05, 0.1) is 53.2 Å². The second-order valence-electron chi connectivity index (χ2n) is 18.0. The van der Waals surface area contributed by atoms with Gasteiger partial charge < -0.3 is 27.3 Å². The predicted octanol–water partition coefficient (Wildman–Crippen LogP) is 9.48. The number of halogens is 2. The van der Waals surface area contributed by atoms with Gasteiger partial charge in [0.2, 0.25) is 17.5 Å². The molecule has 19 nitrogen and oxygen atoms in total. The Kier molecular flexibility index (Phi) is 12.9. The van der Waals surface area contributed by atoms with Crippen molar-refractivity contribution in [1.29, 1.82) is 0 Å². The average molecular weight is 1050 g/mol. The molecule has 0 aliphatic rings. The highest BCUT2D eigenvalue weighted by Crippen LogP contribution is 2.33. The molecule has 0 amide bonds. The first kappa shape index (κ1) is 48.5. The van der Waals surface area contributed by atoms with Crippen molar-refractivity contribution >= 4 is 11.6 Å². The van der Waals surface area contributed by atoms with E-state index in [2.05, 4.69) is 40.4 Å². The molecule has 0 fully saturated rings. The Morgan fingerprint density at radius 1 is 0.487 bits per heavy atom. The third-order valence-electron chi connectivity index (χ3n) is 12.5. The molecule has 380 valence electrons. The van der Waals surface area contributed by atoms with E-state index in [-0.39, 0.29) is 65.6 Å². The van der Waals surface area contributed by atoms with Gasteiger partial charge in [-0.3, -0.25) is 34.3 Å². The van der Waals surface area contributed by atoms with Gasteiger partial charge in [0.15, 0.2) is 0 Å². The Bertz CT molecular complexity index is 4400. The molecular weight excluding hydrogens is 1020 g/mol. The van der Waals surface area contributed by atoms with Crippen LogP contribution in [0.4, 0.5) is 4.39 Å². The Hall–Kier alpha value is -10.5. The SMILES string of the molecule is Cc1cccc(-c2noc(-c3cn(Cc4cncc(-c5cc(-c6nc(-c7ccccc7Cl)no6)cn(Cc6cccnc6)c5=O)c4)c(=O)cc3-c3ccc(Cn4cc(-c5nc(-c6cncc(F)c6)no5)ccc4=O)cn3)n2)c1. The molecule has 0 N–H and O–H groups in total. The summed E-state index contributed by atoms with van der Waals surface area (Å²) in [6.07, 6.45) is 15.5. The first-order valence-electron chi connectivity index (χ1n) is 24.0. The first-order chi connectivity index (χ1) is 38.0. The van der Waals surface area contributed by atoms with Gasteiger partial charge in [0.1, 0.15) is 5.82 Å². The van der Waals surface area contributed by atoms with E-state index in [1.165, 1.54) is 33.5 Å². The van der Waals surface area contributed by atoms with Crippen molar-refractivity contribution in [3.8, 4) is 90.9 Å². The van der Waals surface area contributed by atoms with E-state index in [4.69, 9.17) is 35.1 Å². The minimum Gasteiger partial charge on any atom is -0.334 e. The molecule has 0 saturated carbocycles. The normalized spacial score (nSPS) is 11.3. The smallest absolute Gasteiger partial charge is 0.260 e. The number of pyridine rings is 7. The molecule has 21 heteroatoms. The first-order valence-corrected chi connectivity index (χ1v) is 24.4. The molecule has 2 aromatic carbocycles. The number of benzene rings is 2. The quantitative estimate of drug-likeness (QED) is 0.0986. The Morgan fingerprint density at radius 3 is 2.00 bits per heavy atom. The highest BCUT2D eigenvalue weighted by Gasteiger charge is 2.22. The van der Waals surface area contributed by atoms with Crippen molar-refractivity contribution in [2.45, 2.75) is 26.6 Å². The predicted molar refractivity (Wildman–Crippen MR) is 284 cm³/mol. The van der Waals surface area contributed by atoms with Crippen LogP contribution in [0.5, 0.6) is 0 Å². The van der Waals surface area contributed by atoms with Crippen LogP contribution in [0.3, 0.4) is 0 Å². The molecule has 0 spiro atoms. The van der Waals surface area contributed by atoms with Crippen LogP contribution in [0.1, 0.15) is 22.3 Å². The molecule has 0 aliphatic heterocycles. The van der Waals surface area contributed by atoms with Crippen LogP contribution in [0, 0.1) is 12.7 Å². The summed E-state index contributed by atoms with van der Waals surface area (Å²) in [7, 11) is 0. The van der Waals surface area contributed by atoms with E-state index < -0.39 is 11.4 Å². The van der Waals surface area contributed by atoms with Crippen molar-refractivity contribution in [3.05, 3.63) is 235 Å². The fourth-order valence-electron chi connectivity index (χ4n) is 8.74. The summed E-state index contributed by atoms with van der Waals surface area (Å²) < 4.78 is 35.5. The molecular formula is C57H37ClFN13O6. The molecule has 10 heterocycles. The van der Waals surface area contributed by atoms with Gasteiger partial charge in [-0.1, -0.05) is 75.1 Å². The number of hydrogen-bond acceptors (Lipinski definition) is 16. The van der Waals surface area contributed by atoms with Crippen LogP contribution in [0.15, 0.2) is 199 Å². The maximum atomic E-state index is 14.4. The minimum absolute atomic E-state index is 0.0212. The summed E-state index contributed by atoms with van der Waals surface area (Å²) in [6, 6.07) is 31.1. The van der Waals surface area contributed by atoms with Crippen LogP contribution in [-0.2, 0) is 19.6 Å². The molecule has 0 atom stereocenters.